The minimum atomic E-state index is -3.67. The van der Waals surface area contributed by atoms with Gasteiger partial charge in [0.05, 0.1) is 35.9 Å². The SMILES string of the molecule is COC(=O)NNC(=S)Nc1cc(S(=O)(=O)N2CCOCC2)ccc1Cl. The molecule has 12 heteroatoms. The summed E-state index contributed by atoms with van der Waals surface area (Å²) in [6, 6.07) is 4.24. The van der Waals surface area contributed by atoms with Crippen molar-refractivity contribution in [2.24, 2.45) is 0 Å². The summed E-state index contributed by atoms with van der Waals surface area (Å²) in [5.41, 5.74) is 4.84. The third-order valence-corrected chi connectivity index (χ3v) is 5.69. The molecule has 1 aliphatic rings. The topological polar surface area (TPSA) is 109 Å². The normalized spacial score (nSPS) is 15.3. The van der Waals surface area contributed by atoms with Crippen molar-refractivity contribution in [1.82, 2.24) is 15.2 Å². The molecule has 1 heterocycles. The number of halogens is 1. The number of benzene rings is 1. The summed E-state index contributed by atoms with van der Waals surface area (Å²) in [7, 11) is -2.47. The molecule has 138 valence electrons. The lowest BCUT2D eigenvalue weighted by Crippen LogP contribution is -2.43. The van der Waals surface area contributed by atoms with Crippen LogP contribution in [0.3, 0.4) is 0 Å². The van der Waals surface area contributed by atoms with E-state index in [0.29, 0.717) is 13.2 Å². The number of hydrogen-bond donors (Lipinski definition) is 3. The zero-order chi connectivity index (χ0) is 18.4. The molecule has 3 N–H and O–H groups in total. The predicted molar refractivity (Wildman–Crippen MR) is 95.9 cm³/mol. The molecule has 0 radical (unpaired) electrons. The Hall–Kier alpha value is -1.66. The lowest BCUT2D eigenvalue weighted by atomic mass is 10.3. The Morgan fingerprint density at radius 2 is 2.00 bits per heavy atom. The lowest BCUT2D eigenvalue weighted by molar-refractivity contribution is 0.0730. The maximum atomic E-state index is 12.7. The van der Waals surface area contributed by atoms with E-state index in [1.54, 1.807) is 0 Å². The van der Waals surface area contributed by atoms with E-state index in [4.69, 9.17) is 28.6 Å². The first-order chi connectivity index (χ1) is 11.8. The van der Waals surface area contributed by atoms with Gasteiger partial charge in [-0.2, -0.15) is 4.31 Å². The van der Waals surface area contributed by atoms with Gasteiger partial charge in [0.15, 0.2) is 5.11 Å². The van der Waals surface area contributed by atoms with Crippen LogP contribution in [0.25, 0.3) is 0 Å². The van der Waals surface area contributed by atoms with E-state index in [2.05, 4.69) is 20.9 Å². The summed E-state index contributed by atoms with van der Waals surface area (Å²) in [6.07, 6.45) is -0.737. The summed E-state index contributed by atoms with van der Waals surface area (Å²) in [6.45, 7) is 1.28. The van der Waals surface area contributed by atoms with Crippen LogP contribution in [0.5, 0.6) is 0 Å². The Labute approximate surface area is 155 Å². The van der Waals surface area contributed by atoms with Gasteiger partial charge in [0.25, 0.3) is 0 Å². The molecule has 25 heavy (non-hydrogen) atoms. The number of carbonyl (C=O) groups excluding carboxylic acids is 1. The van der Waals surface area contributed by atoms with Crippen LogP contribution in [0.1, 0.15) is 0 Å². The molecule has 0 spiro atoms. The zero-order valence-corrected chi connectivity index (χ0v) is 15.6. The number of hydrazine groups is 1. The van der Waals surface area contributed by atoms with E-state index in [1.807, 2.05) is 0 Å². The molecular formula is C13H17ClN4O5S2. The standard InChI is InChI=1S/C13H17ClN4O5S2/c1-22-13(19)17-16-12(24)15-11-8-9(2-3-10(11)14)25(20,21)18-4-6-23-7-5-18/h2-3,8H,4-7H2,1H3,(H,17,19)(H2,15,16,24). The highest BCUT2D eigenvalue weighted by Gasteiger charge is 2.26. The van der Waals surface area contributed by atoms with Gasteiger partial charge >= 0.3 is 6.09 Å². The number of nitrogens with one attached hydrogen (secondary N) is 3. The number of nitrogens with zero attached hydrogens (tertiary/aromatic N) is 1. The van der Waals surface area contributed by atoms with Crippen molar-refractivity contribution in [3.63, 3.8) is 0 Å². The Bertz CT molecular complexity index is 753. The van der Waals surface area contributed by atoms with Gasteiger partial charge in [0.1, 0.15) is 0 Å². The van der Waals surface area contributed by atoms with Crippen LogP contribution in [0.15, 0.2) is 23.1 Å². The average molecular weight is 409 g/mol. The third-order valence-electron chi connectivity index (χ3n) is 3.26. The van der Waals surface area contributed by atoms with Gasteiger partial charge in [-0.05, 0) is 30.4 Å². The summed E-state index contributed by atoms with van der Waals surface area (Å²) >= 11 is 11.1. The van der Waals surface area contributed by atoms with Crippen molar-refractivity contribution in [3.05, 3.63) is 23.2 Å². The van der Waals surface area contributed by atoms with Crippen LogP contribution in [0.4, 0.5) is 10.5 Å². The second-order valence-corrected chi connectivity index (χ2v) is 7.61. The van der Waals surface area contributed by atoms with E-state index in [1.165, 1.54) is 29.6 Å². The number of thiocarbonyl (C=S) groups is 1. The fourth-order valence-electron chi connectivity index (χ4n) is 2.01. The summed E-state index contributed by atoms with van der Waals surface area (Å²) in [5.74, 6) is 0. The van der Waals surface area contributed by atoms with Crippen LogP contribution in [-0.4, -0.2) is 57.3 Å². The smallest absolute Gasteiger partial charge is 0.425 e. The molecule has 0 bridgehead atoms. The number of amides is 1. The van der Waals surface area contributed by atoms with E-state index in [0.717, 1.165) is 0 Å². The van der Waals surface area contributed by atoms with Gasteiger partial charge in [-0.1, -0.05) is 11.6 Å². The molecule has 0 saturated carbocycles. The van der Waals surface area contributed by atoms with Gasteiger partial charge in [0, 0.05) is 13.1 Å². The maximum Gasteiger partial charge on any atom is 0.425 e. The molecule has 1 aromatic carbocycles. The molecule has 9 nitrogen and oxygen atoms in total. The second kappa shape index (κ2) is 8.63. The first kappa shape index (κ1) is 19.7. The summed E-state index contributed by atoms with van der Waals surface area (Å²) in [5, 5.41) is 2.99. The van der Waals surface area contributed by atoms with Crippen molar-refractivity contribution < 1.29 is 22.7 Å². The highest BCUT2D eigenvalue weighted by molar-refractivity contribution is 7.89. The number of sulfonamides is 1. The third kappa shape index (κ3) is 5.16. The number of rotatable bonds is 3. The van der Waals surface area contributed by atoms with Crippen molar-refractivity contribution >= 4 is 50.7 Å². The first-order valence-electron chi connectivity index (χ1n) is 7.13. The van der Waals surface area contributed by atoms with Crippen molar-refractivity contribution in [2.75, 3.05) is 38.7 Å². The van der Waals surface area contributed by atoms with Gasteiger partial charge in [0.2, 0.25) is 10.0 Å². The minimum Gasteiger partial charge on any atom is -0.452 e. The van der Waals surface area contributed by atoms with Crippen LogP contribution < -0.4 is 16.2 Å². The van der Waals surface area contributed by atoms with E-state index < -0.39 is 16.1 Å². The van der Waals surface area contributed by atoms with Crippen LogP contribution in [0.2, 0.25) is 5.02 Å². The number of methoxy groups -OCH3 is 1. The zero-order valence-electron chi connectivity index (χ0n) is 13.2. The predicted octanol–water partition coefficient (Wildman–Crippen LogP) is 0.918. The number of morpholine rings is 1. The number of ether oxygens (including phenoxy) is 2. The van der Waals surface area contributed by atoms with E-state index in [-0.39, 0.29) is 33.8 Å². The Balaban J connectivity index is 2.14. The molecule has 1 amide bonds. The summed E-state index contributed by atoms with van der Waals surface area (Å²) < 4.78 is 36.2. The molecule has 0 unspecified atom stereocenters. The second-order valence-electron chi connectivity index (χ2n) is 4.85. The van der Waals surface area contributed by atoms with Crippen molar-refractivity contribution in [2.45, 2.75) is 4.90 Å². The van der Waals surface area contributed by atoms with Gasteiger partial charge in [-0.3, -0.25) is 5.43 Å². The molecule has 1 aliphatic heterocycles. The molecule has 0 aliphatic carbocycles. The summed E-state index contributed by atoms with van der Waals surface area (Å²) in [4.78, 5) is 11.1. The largest absolute Gasteiger partial charge is 0.452 e. The fraction of sp³-hybridized carbons (Fsp3) is 0.385. The van der Waals surface area contributed by atoms with Gasteiger partial charge in [-0.25, -0.2) is 18.6 Å². The van der Waals surface area contributed by atoms with Gasteiger partial charge in [-0.15, -0.1) is 0 Å². The first-order valence-corrected chi connectivity index (χ1v) is 9.35. The Morgan fingerprint density at radius 3 is 2.64 bits per heavy atom. The molecule has 0 atom stereocenters. The molecule has 1 saturated heterocycles. The van der Waals surface area contributed by atoms with E-state index in [9.17, 15) is 13.2 Å². The van der Waals surface area contributed by atoms with Crippen LogP contribution in [0, 0.1) is 0 Å². The molecular weight excluding hydrogens is 392 g/mol. The Kier molecular flexibility index (Phi) is 6.79. The highest BCUT2D eigenvalue weighted by atomic mass is 35.5. The minimum absolute atomic E-state index is 0.00761. The highest BCUT2D eigenvalue weighted by Crippen LogP contribution is 2.27. The number of anilines is 1. The quantitative estimate of drug-likeness (QED) is 0.500. The van der Waals surface area contributed by atoms with Crippen LogP contribution >= 0.6 is 23.8 Å². The number of hydrogen-bond acceptors (Lipinski definition) is 6. The molecule has 1 fully saturated rings. The van der Waals surface area contributed by atoms with Crippen molar-refractivity contribution in [1.29, 1.82) is 0 Å². The van der Waals surface area contributed by atoms with E-state index >= 15 is 0 Å². The number of carbonyl (C=O) groups is 1. The lowest BCUT2D eigenvalue weighted by Gasteiger charge is -2.26. The van der Waals surface area contributed by atoms with Crippen molar-refractivity contribution in [3.8, 4) is 0 Å². The average Bonchev–Trinajstić information content (AvgIpc) is 2.62. The molecule has 0 aromatic heterocycles. The molecule has 1 aromatic rings. The maximum absolute atomic E-state index is 12.7. The molecule has 2 rings (SSSR count). The fourth-order valence-corrected chi connectivity index (χ4v) is 3.77. The van der Waals surface area contributed by atoms with Crippen LogP contribution in [-0.2, 0) is 19.5 Å². The monoisotopic (exact) mass is 408 g/mol. The van der Waals surface area contributed by atoms with Gasteiger partial charge < -0.3 is 14.8 Å². The Morgan fingerprint density at radius 1 is 1.32 bits per heavy atom.